The molecule has 1 unspecified atom stereocenters. The van der Waals surface area contributed by atoms with Gasteiger partial charge in [-0.15, -0.1) is 12.6 Å². The van der Waals surface area contributed by atoms with Crippen LogP contribution in [0.3, 0.4) is 0 Å². The Morgan fingerprint density at radius 3 is 1.73 bits per heavy atom. The van der Waals surface area contributed by atoms with Gasteiger partial charge in [0.2, 0.25) is 0 Å². The van der Waals surface area contributed by atoms with E-state index in [0.29, 0.717) is 11.5 Å². The fraction of sp³-hybridized carbons (Fsp3) is 0.100. The standard InChI is InChI=1S/C20H19O4PS/c1-16(19-14-8-9-15-20(19)26)22-25(21,23-17-10-4-2-5-11-17)24-18-12-6-3-7-13-18/h2-16,26H,1H3. The second kappa shape index (κ2) is 8.45. The van der Waals surface area contributed by atoms with Crippen LogP contribution in [-0.4, -0.2) is 0 Å². The van der Waals surface area contributed by atoms with Crippen LogP contribution in [-0.2, 0) is 9.09 Å². The van der Waals surface area contributed by atoms with Gasteiger partial charge in [0.25, 0.3) is 0 Å². The maximum atomic E-state index is 13.4. The normalized spacial score (nSPS) is 12.4. The number of para-hydroxylation sites is 2. The highest BCUT2D eigenvalue weighted by molar-refractivity contribution is 7.80. The van der Waals surface area contributed by atoms with Crippen molar-refractivity contribution in [3.05, 3.63) is 90.5 Å². The predicted molar refractivity (Wildman–Crippen MR) is 105 cm³/mol. The van der Waals surface area contributed by atoms with Crippen molar-refractivity contribution in [2.24, 2.45) is 0 Å². The van der Waals surface area contributed by atoms with Crippen LogP contribution in [0.15, 0.2) is 89.8 Å². The largest absolute Gasteiger partial charge is 0.588 e. The van der Waals surface area contributed by atoms with Gasteiger partial charge in [-0.05, 0) is 42.8 Å². The Balaban J connectivity index is 1.87. The van der Waals surface area contributed by atoms with E-state index in [-0.39, 0.29) is 0 Å². The smallest absolute Gasteiger partial charge is 0.395 e. The first-order valence-corrected chi connectivity index (χ1v) is 10.0. The van der Waals surface area contributed by atoms with Gasteiger partial charge in [-0.2, -0.15) is 0 Å². The van der Waals surface area contributed by atoms with Gasteiger partial charge in [-0.3, -0.25) is 4.52 Å². The van der Waals surface area contributed by atoms with Gasteiger partial charge in [-0.25, -0.2) is 4.57 Å². The molecular weight excluding hydrogens is 367 g/mol. The Hall–Kier alpha value is -2.20. The summed E-state index contributed by atoms with van der Waals surface area (Å²) in [7, 11) is -3.94. The van der Waals surface area contributed by atoms with Crippen molar-refractivity contribution < 1.29 is 18.1 Å². The first kappa shape index (κ1) is 18.6. The minimum Gasteiger partial charge on any atom is -0.395 e. The molecular formula is C20H19O4PS. The van der Waals surface area contributed by atoms with Crippen LogP contribution in [0, 0.1) is 0 Å². The molecule has 3 rings (SSSR count). The zero-order valence-electron chi connectivity index (χ0n) is 14.2. The Morgan fingerprint density at radius 2 is 1.23 bits per heavy atom. The lowest BCUT2D eigenvalue weighted by Crippen LogP contribution is -2.08. The quantitative estimate of drug-likeness (QED) is 0.381. The summed E-state index contributed by atoms with van der Waals surface area (Å²) in [6.45, 7) is 1.78. The highest BCUT2D eigenvalue weighted by Gasteiger charge is 2.34. The molecule has 0 fully saturated rings. The van der Waals surface area contributed by atoms with Crippen molar-refractivity contribution in [3.63, 3.8) is 0 Å². The van der Waals surface area contributed by atoms with Gasteiger partial charge < -0.3 is 9.05 Å². The van der Waals surface area contributed by atoms with Crippen molar-refractivity contribution in [3.8, 4) is 11.5 Å². The molecule has 0 aliphatic heterocycles. The van der Waals surface area contributed by atoms with E-state index < -0.39 is 13.9 Å². The van der Waals surface area contributed by atoms with Crippen molar-refractivity contribution in [2.75, 3.05) is 0 Å². The van der Waals surface area contributed by atoms with Gasteiger partial charge in [-0.1, -0.05) is 54.6 Å². The highest BCUT2D eigenvalue weighted by Crippen LogP contribution is 2.53. The molecule has 0 bridgehead atoms. The summed E-state index contributed by atoms with van der Waals surface area (Å²) in [5, 5.41) is 0. The van der Waals surface area contributed by atoms with Gasteiger partial charge in [0.1, 0.15) is 11.5 Å². The Morgan fingerprint density at radius 1 is 0.769 bits per heavy atom. The van der Waals surface area contributed by atoms with Gasteiger partial charge in [0, 0.05) is 4.90 Å². The zero-order valence-corrected chi connectivity index (χ0v) is 16.0. The molecule has 0 N–H and O–H groups in total. The van der Waals surface area contributed by atoms with Crippen LogP contribution in [0.1, 0.15) is 18.6 Å². The maximum absolute atomic E-state index is 13.4. The summed E-state index contributed by atoms with van der Waals surface area (Å²) < 4.78 is 30.4. The molecule has 0 aliphatic rings. The number of hydrogen-bond acceptors (Lipinski definition) is 5. The number of phosphoric ester groups is 1. The molecule has 1 atom stereocenters. The SMILES string of the molecule is CC(OP(=O)(Oc1ccccc1)Oc1ccccc1)c1ccccc1S. The zero-order chi connectivity index (χ0) is 18.4. The predicted octanol–water partition coefficient (Wildman–Crippen LogP) is 6.32. The molecule has 0 aliphatic carbocycles. The molecule has 4 nitrogen and oxygen atoms in total. The molecule has 0 amide bonds. The van der Waals surface area contributed by atoms with Crippen molar-refractivity contribution in [1.82, 2.24) is 0 Å². The molecule has 6 heteroatoms. The number of thiol groups is 1. The van der Waals surface area contributed by atoms with Crippen LogP contribution in [0.4, 0.5) is 0 Å². The molecule has 0 spiro atoms. The summed E-state index contributed by atoms with van der Waals surface area (Å²) >= 11 is 4.43. The van der Waals surface area contributed by atoms with Crippen LogP contribution >= 0.6 is 20.5 Å². The molecule has 134 valence electrons. The van der Waals surface area contributed by atoms with Crippen molar-refractivity contribution in [2.45, 2.75) is 17.9 Å². The monoisotopic (exact) mass is 386 g/mol. The fourth-order valence-electron chi connectivity index (χ4n) is 2.36. The summed E-state index contributed by atoms with van der Waals surface area (Å²) in [6, 6.07) is 25.1. The van der Waals surface area contributed by atoms with Gasteiger partial charge in [0.05, 0.1) is 6.10 Å². The van der Waals surface area contributed by atoms with E-state index in [1.807, 2.05) is 36.4 Å². The highest BCUT2D eigenvalue weighted by atomic mass is 32.1. The van der Waals surface area contributed by atoms with E-state index in [9.17, 15) is 4.57 Å². The fourth-order valence-corrected chi connectivity index (χ4v) is 4.09. The molecule has 26 heavy (non-hydrogen) atoms. The number of benzene rings is 3. The van der Waals surface area contributed by atoms with Gasteiger partial charge >= 0.3 is 7.82 Å². The average molecular weight is 386 g/mol. The summed E-state index contributed by atoms with van der Waals surface area (Å²) in [5.74, 6) is 0.802. The van der Waals surface area contributed by atoms with E-state index in [2.05, 4.69) is 12.6 Å². The van der Waals surface area contributed by atoms with Crippen LogP contribution in [0.2, 0.25) is 0 Å². The van der Waals surface area contributed by atoms with E-state index in [1.54, 1.807) is 55.5 Å². The van der Waals surface area contributed by atoms with Crippen LogP contribution < -0.4 is 9.05 Å². The molecule has 0 radical (unpaired) electrons. The van der Waals surface area contributed by atoms with E-state index in [0.717, 1.165) is 10.5 Å². The lowest BCUT2D eigenvalue weighted by atomic mass is 10.1. The summed E-state index contributed by atoms with van der Waals surface area (Å²) in [5.41, 5.74) is 0.796. The molecule has 3 aromatic carbocycles. The third-order valence-corrected chi connectivity index (χ3v) is 5.43. The Bertz CT molecular complexity index is 841. The van der Waals surface area contributed by atoms with Crippen molar-refractivity contribution in [1.29, 1.82) is 0 Å². The molecule has 0 saturated heterocycles. The van der Waals surface area contributed by atoms with Crippen LogP contribution in [0.5, 0.6) is 11.5 Å². The number of rotatable bonds is 7. The Labute approximate surface area is 158 Å². The van der Waals surface area contributed by atoms with Crippen molar-refractivity contribution >= 4 is 20.5 Å². The summed E-state index contributed by atoms with van der Waals surface area (Å²) in [6.07, 6.45) is -0.540. The van der Waals surface area contributed by atoms with Crippen LogP contribution in [0.25, 0.3) is 0 Å². The molecule has 0 saturated carbocycles. The molecule has 3 aromatic rings. The number of phosphoric acid groups is 1. The third-order valence-electron chi connectivity index (χ3n) is 3.58. The summed E-state index contributed by atoms with van der Waals surface area (Å²) in [4.78, 5) is 0.742. The lowest BCUT2D eigenvalue weighted by molar-refractivity contribution is 0.154. The first-order chi connectivity index (χ1) is 12.6. The van der Waals surface area contributed by atoms with E-state index in [1.165, 1.54) is 0 Å². The maximum Gasteiger partial charge on any atom is 0.588 e. The van der Waals surface area contributed by atoms with Gasteiger partial charge in [0.15, 0.2) is 0 Å². The third kappa shape index (κ3) is 4.92. The second-order valence-corrected chi connectivity index (χ2v) is 7.51. The topological polar surface area (TPSA) is 44.8 Å². The van der Waals surface area contributed by atoms with E-state index in [4.69, 9.17) is 13.6 Å². The second-order valence-electron chi connectivity index (χ2n) is 5.56. The molecule has 0 heterocycles. The minimum atomic E-state index is -3.94. The average Bonchev–Trinajstić information content (AvgIpc) is 2.63. The number of hydrogen-bond donors (Lipinski definition) is 1. The van der Waals surface area contributed by atoms with E-state index >= 15 is 0 Å². The minimum absolute atomic E-state index is 0.401. The lowest BCUT2D eigenvalue weighted by Gasteiger charge is -2.23. The molecule has 0 aromatic heterocycles. The Kier molecular flexibility index (Phi) is 6.04. The first-order valence-electron chi connectivity index (χ1n) is 8.11.